The van der Waals surface area contributed by atoms with E-state index in [9.17, 15) is 9.59 Å². The summed E-state index contributed by atoms with van der Waals surface area (Å²) in [5, 5.41) is 0.184. The van der Waals surface area contributed by atoms with Crippen LogP contribution in [0.1, 0.15) is 10.4 Å². The van der Waals surface area contributed by atoms with E-state index in [0.717, 1.165) is 0 Å². The Balaban J connectivity index is 2.86. The van der Waals surface area contributed by atoms with Crippen molar-refractivity contribution in [1.82, 2.24) is 0 Å². The molecule has 14 heavy (non-hydrogen) atoms. The van der Waals surface area contributed by atoms with Crippen LogP contribution in [0.2, 0.25) is 5.02 Å². The van der Waals surface area contributed by atoms with E-state index in [-0.39, 0.29) is 17.4 Å². The van der Waals surface area contributed by atoms with Gasteiger partial charge >= 0.3 is 0 Å². The normalized spacial score (nSPS) is 9.50. The summed E-state index contributed by atoms with van der Waals surface area (Å²) in [5.74, 6) is -0.326. The molecule has 0 radical (unpaired) electrons. The number of hydrogen-bond donors (Lipinski definition) is 1. The highest BCUT2D eigenvalue weighted by molar-refractivity contribution is 6.34. The minimum atomic E-state index is -0.599. The van der Waals surface area contributed by atoms with Gasteiger partial charge in [-0.1, -0.05) is 17.7 Å². The third-order valence-electron chi connectivity index (χ3n) is 1.49. The van der Waals surface area contributed by atoms with Crippen molar-refractivity contribution in [2.75, 3.05) is 6.61 Å². The number of rotatable bonds is 4. The van der Waals surface area contributed by atoms with Crippen molar-refractivity contribution in [2.24, 2.45) is 5.73 Å². The zero-order chi connectivity index (χ0) is 10.6. The van der Waals surface area contributed by atoms with Crippen molar-refractivity contribution in [3.05, 3.63) is 28.8 Å². The Hall–Kier alpha value is -1.55. The van der Waals surface area contributed by atoms with Crippen LogP contribution < -0.4 is 10.5 Å². The summed E-state index contributed by atoms with van der Waals surface area (Å²) >= 11 is 5.78. The van der Waals surface area contributed by atoms with Crippen molar-refractivity contribution in [1.29, 1.82) is 0 Å². The van der Waals surface area contributed by atoms with Crippen LogP contribution in [-0.2, 0) is 4.79 Å². The van der Waals surface area contributed by atoms with Crippen LogP contribution in [0, 0.1) is 0 Å². The van der Waals surface area contributed by atoms with Gasteiger partial charge in [0, 0.05) is 5.56 Å². The van der Waals surface area contributed by atoms with Gasteiger partial charge in [0.1, 0.15) is 5.75 Å². The lowest BCUT2D eigenvalue weighted by molar-refractivity contribution is -0.119. The minimum absolute atomic E-state index is 0.184. The Morgan fingerprint density at radius 3 is 2.86 bits per heavy atom. The summed E-state index contributed by atoms with van der Waals surface area (Å²) in [6.45, 7) is -0.262. The van der Waals surface area contributed by atoms with Crippen LogP contribution in [0.4, 0.5) is 0 Å². The van der Waals surface area contributed by atoms with Crippen LogP contribution in [-0.4, -0.2) is 18.8 Å². The number of aldehydes is 1. The van der Waals surface area contributed by atoms with Crippen LogP contribution >= 0.6 is 11.6 Å². The van der Waals surface area contributed by atoms with Gasteiger partial charge in [0.15, 0.2) is 12.9 Å². The first-order valence-corrected chi connectivity index (χ1v) is 4.17. The summed E-state index contributed by atoms with van der Waals surface area (Å²) in [4.78, 5) is 20.9. The minimum Gasteiger partial charge on any atom is -0.482 e. The molecule has 0 saturated carbocycles. The molecular weight excluding hydrogens is 206 g/mol. The highest BCUT2D eigenvalue weighted by Crippen LogP contribution is 2.26. The number of hydrogen-bond acceptors (Lipinski definition) is 3. The van der Waals surface area contributed by atoms with Gasteiger partial charge in [-0.3, -0.25) is 9.59 Å². The summed E-state index contributed by atoms with van der Waals surface area (Å²) in [6, 6.07) is 4.71. The van der Waals surface area contributed by atoms with Gasteiger partial charge < -0.3 is 10.5 Å². The number of benzene rings is 1. The number of carbonyl (C=O) groups excluding carboxylic acids is 2. The molecule has 0 bridgehead atoms. The number of carbonyl (C=O) groups is 2. The molecule has 0 saturated heterocycles. The lowest BCUT2D eigenvalue weighted by Gasteiger charge is -2.06. The van der Waals surface area contributed by atoms with Crippen molar-refractivity contribution < 1.29 is 14.3 Å². The first-order valence-electron chi connectivity index (χ1n) is 3.80. The molecule has 1 amide bonds. The number of primary amides is 1. The molecule has 0 unspecified atom stereocenters. The largest absolute Gasteiger partial charge is 0.482 e. The Labute approximate surface area is 85.6 Å². The first kappa shape index (κ1) is 10.5. The molecule has 0 aliphatic heterocycles. The highest BCUT2D eigenvalue weighted by atomic mass is 35.5. The molecule has 0 atom stereocenters. The predicted octanol–water partition coefficient (Wildman–Crippen LogP) is 1.02. The molecule has 5 heteroatoms. The fourth-order valence-corrected chi connectivity index (χ4v) is 1.10. The summed E-state index contributed by atoms with van der Waals surface area (Å²) in [5.41, 5.74) is 5.20. The molecule has 0 heterocycles. The van der Waals surface area contributed by atoms with Crippen LogP contribution in [0.3, 0.4) is 0 Å². The van der Waals surface area contributed by atoms with Crippen molar-refractivity contribution in [3.63, 3.8) is 0 Å². The molecule has 1 rings (SSSR count). The van der Waals surface area contributed by atoms with E-state index < -0.39 is 5.91 Å². The molecular formula is C9H8ClNO3. The molecule has 4 nitrogen and oxygen atoms in total. The standard InChI is InChI=1S/C9H8ClNO3/c10-9-6(4-12)2-1-3-7(9)14-5-8(11)13/h1-4H,5H2,(H2,11,13). The van der Waals surface area contributed by atoms with Gasteiger partial charge in [-0.25, -0.2) is 0 Å². The van der Waals surface area contributed by atoms with E-state index in [1.54, 1.807) is 18.2 Å². The lowest BCUT2D eigenvalue weighted by Crippen LogP contribution is -2.20. The lowest BCUT2D eigenvalue weighted by atomic mass is 10.2. The van der Waals surface area contributed by atoms with E-state index in [0.29, 0.717) is 11.8 Å². The van der Waals surface area contributed by atoms with Crippen molar-refractivity contribution in [2.45, 2.75) is 0 Å². The van der Waals surface area contributed by atoms with E-state index in [4.69, 9.17) is 22.1 Å². The maximum absolute atomic E-state index is 10.5. The topological polar surface area (TPSA) is 69.4 Å². The van der Waals surface area contributed by atoms with Crippen LogP contribution in [0.15, 0.2) is 18.2 Å². The molecule has 0 aliphatic rings. The predicted molar refractivity (Wildman–Crippen MR) is 51.5 cm³/mol. The smallest absolute Gasteiger partial charge is 0.255 e. The Kier molecular flexibility index (Phi) is 3.48. The maximum atomic E-state index is 10.5. The summed E-state index contributed by atoms with van der Waals surface area (Å²) in [6.07, 6.45) is 0.611. The van der Waals surface area contributed by atoms with E-state index in [1.165, 1.54) is 0 Å². The van der Waals surface area contributed by atoms with Crippen molar-refractivity contribution >= 4 is 23.8 Å². The number of nitrogens with two attached hydrogens (primary N) is 1. The van der Waals surface area contributed by atoms with Gasteiger partial charge in [0.2, 0.25) is 0 Å². The molecule has 0 aromatic heterocycles. The third-order valence-corrected chi connectivity index (χ3v) is 1.89. The van der Waals surface area contributed by atoms with Gasteiger partial charge in [0.05, 0.1) is 5.02 Å². The van der Waals surface area contributed by atoms with Crippen LogP contribution in [0.25, 0.3) is 0 Å². The van der Waals surface area contributed by atoms with Gasteiger partial charge in [-0.05, 0) is 12.1 Å². The van der Waals surface area contributed by atoms with E-state index in [2.05, 4.69) is 0 Å². The monoisotopic (exact) mass is 213 g/mol. The zero-order valence-electron chi connectivity index (χ0n) is 7.20. The van der Waals surface area contributed by atoms with Gasteiger partial charge in [-0.15, -0.1) is 0 Å². The molecule has 1 aromatic rings. The SMILES string of the molecule is NC(=O)COc1cccc(C=O)c1Cl. The number of halogens is 1. The number of amides is 1. The second-order valence-electron chi connectivity index (χ2n) is 2.53. The molecule has 1 aromatic carbocycles. The zero-order valence-corrected chi connectivity index (χ0v) is 7.95. The highest BCUT2D eigenvalue weighted by Gasteiger charge is 2.06. The van der Waals surface area contributed by atoms with Gasteiger partial charge in [0.25, 0.3) is 5.91 Å². The second kappa shape index (κ2) is 4.62. The first-order chi connectivity index (χ1) is 6.65. The fourth-order valence-electron chi connectivity index (χ4n) is 0.879. The molecule has 2 N–H and O–H groups in total. The summed E-state index contributed by atoms with van der Waals surface area (Å²) < 4.78 is 4.98. The van der Waals surface area contributed by atoms with E-state index in [1.807, 2.05) is 0 Å². The Morgan fingerprint density at radius 1 is 1.57 bits per heavy atom. The Bertz CT molecular complexity index is 365. The fraction of sp³-hybridized carbons (Fsp3) is 0.111. The molecule has 0 fully saturated rings. The average molecular weight is 214 g/mol. The molecule has 0 aliphatic carbocycles. The molecule has 74 valence electrons. The summed E-state index contributed by atoms with van der Waals surface area (Å²) in [7, 11) is 0. The second-order valence-corrected chi connectivity index (χ2v) is 2.91. The maximum Gasteiger partial charge on any atom is 0.255 e. The van der Waals surface area contributed by atoms with Gasteiger partial charge in [-0.2, -0.15) is 0 Å². The van der Waals surface area contributed by atoms with E-state index >= 15 is 0 Å². The van der Waals surface area contributed by atoms with Crippen LogP contribution in [0.5, 0.6) is 5.75 Å². The third kappa shape index (κ3) is 2.47. The number of ether oxygens (including phenoxy) is 1. The average Bonchev–Trinajstić information content (AvgIpc) is 2.16. The quantitative estimate of drug-likeness (QED) is 0.759. The van der Waals surface area contributed by atoms with Crippen molar-refractivity contribution in [3.8, 4) is 5.75 Å². The Morgan fingerprint density at radius 2 is 2.29 bits per heavy atom. The molecule has 0 spiro atoms.